The first-order valence-corrected chi connectivity index (χ1v) is 8.77. The summed E-state index contributed by atoms with van der Waals surface area (Å²) in [6, 6.07) is 2.86. The standard InChI is InChI=1S/C13H18N4O3S/c1-9-7-12-14-10(8-13(18)17(12)15-9)11-5-3-4-6-16(11)21(2,19)20/h7-8,11,15H,3-6H2,1-2H3/t11-/m1/s1. The quantitative estimate of drug-likeness (QED) is 0.889. The molecule has 8 heteroatoms. The molecule has 3 rings (SSSR count). The normalized spacial score (nSPS) is 21.0. The molecule has 0 aliphatic carbocycles. The molecule has 0 unspecified atom stereocenters. The lowest BCUT2D eigenvalue weighted by Crippen LogP contribution is -2.38. The third-order valence-corrected chi connectivity index (χ3v) is 5.11. The number of sulfonamides is 1. The van der Waals surface area contributed by atoms with Crippen LogP contribution in [0, 0.1) is 6.92 Å². The van der Waals surface area contributed by atoms with E-state index in [2.05, 4.69) is 10.1 Å². The molecule has 0 aromatic carbocycles. The molecule has 21 heavy (non-hydrogen) atoms. The summed E-state index contributed by atoms with van der Waals surface area (Å²) in [6.07, 6.45) is 3.67. The number of aromatic amines is 1. The van der Waals surface area contributed by atoms with Gasteiger partial charge in [-0.3, -0.25) is 9.89 Å². The van der Waals surface area contributed by atoms with Gasteiger partial charge in [0.05, 0.1) is 18.0 Å². The fraction of sp³-hybridized carbons (Fsp3) is 0.538. The molecule has 1 N–H and O–H groups in total. The highest BCUT2D eigenvalue weighted by atomic mass is 32.2. The summed E-state index contributed by atoms with van der Waals surface area (Å²) in [5, 5.41) is 2.91. The fourth-order valence-electron chi connectivity index (χ4n) is 2.90. The maximum atomic E-state index is 12.1. The largest absolute Gasteiger partial charge is 0.294 e. The molecule has 3 heterocycles. The maximum Gasteiger partial charge on any atom is 0.272 e. The molecule has 1 saturated heterocycles. The first-order chi connectivity index (χ1) is 9.86. The van der Waals surface area contributed by atoms with Crippen molar-refractivity contribution < 1.29 is 8.42 Å². The van der Waals surface area contributed by atoms with Gasteiger partial charge in [0.25, 0.3) is 5.56 Å². The van der Waals surface area contributed by atoms with Gasteiger partial charge >= 0.3 is 0 Å². The van der Waals surface area contributed by atoms with Gasteiger partial charge in [-0.15, -0.1) is 0 Å². The van der Waals surface area contributed by atoms with Crippen molar-refractivity contribution >= 4 is 15.7 Å². The van der Waals surface area contributed by atoms with Crippen LogP contribution in [-0.2, 0) is 10.0 Å². The Bertz CT molecular complexity index is 837. The SMILES string of the molecule is Cc1cc2nc([C@H]3CCCCN3S(C)(=O)=O)cc(=O)n2[nH]1. The van der Waals surface area contributed by atoms with Crippen LogP contribution in [0.15, 0.2) is 16.9 Å². The number of nitrogens with one attached hydrogen (secondary N) is 1. The van der Waals surface area contributed by atoms with Crippen molar-refractivity contribution in [1.82, 2.24) is 18.9 Å². The van der Waals surface area contributed by atoms with Crippen LogP contribution in [0.25, 0.3) is 5.65 Å². The zero-order valence-corrected chi connectivity index (χ0v) is 12.9. The van der Waals surface area contributed by atoms with E-state index in [1.54, 1.807) is 6.07 Å². The van der Waals surface area contributed by atoms with Gasteiger partial charge < -0.3 is 0 Å². The van der Waals surface area contributed by atoms with Gasteiger partial charge in [0.2, 0.25) is 10.0 Å². The van der Waals surface area contributed by atoms with Crippen molar-refractivity contribution in [3.63, 3.8) is 0 Å². The van der Waals surface area contributed by atoms with Crippen molar-refractivity contribution in [2.24, 2.45) is 0 Å². The van der Waals surface area contributed by atoms with Crippen LogP contribution < -0.4 is 5.56 Å². The van der Waals surface area contributed by atoms with Gasteiger partial charge in [-0.25, -0.2) is 17.9 Å². The minimum atomic E-state index is -3.31. The Morgan fingerprint density at radius 3 is 2.81 bits per heavy atom. The minimum absolute atomic E-state index is 0.220. The van der Waals surface area contributed by atoms with Gasteiger partial charge in [-0.05, 0) is 19.8 Å². The highest BCUT2D eigenvalue weighted by Crippen LogP contribution is 2.31. The summed E-state index contributed by atoms with van der Waals surface area (Å²) in [6.45, 7) is 2.33. The van der Waals surface area contributed by atoms with Gasteiger partial charge in [0.1, 0.15) is 0 Å². The van der Waals surface area contributed by atoms with E-state index in [-0.39, 0.29) is 11.6 Å². The lowest BCUT2D eigenvalue weighted by Gasteiger charge is -2.33. The minimum Gasteiger partial charge on any atom is -0.294 e. The Kier molecular flexibility index (Phi) is 3.37. The molecule has 1 fully saturated rings. The number of rotatable bonds is 2. The number of hydrogen-bond acceptors (Lipinski definition) is 4. The zero-order chi connectivity index (χ0) is 15.2. The molecular weight excluding hydrogens is 292 g/mol. The molecular formula is C13H18N4O3S. The van der Waals surface area contributed by atoms with E-state index >= 15 is 0 Å². The molecule has 114 valence electrons. The highest BCUT2D eigenvalue weighted by Gasteiger charge is 2.32. The van der Waals surface area contributed by atoms with Crippen molar-refractivity contribution in [1.29, 1.82) is 0 Å². The van der Waals surface area contributed by atoms with E-state index in [9.17, 15) is 13.2 Å². The lowest BCUT2D eigenvalue weighted by atomic mass is 10.0. The lowest BCUT2D eigenvalue weighted by molar-refractivity contribution is 0.253. The Morgan fingerprint density at radius 1 is 1.33 bits per heavy atom. The Hall–Kier alpha value is -1.67. The second kappa shape index (κ2) is 4.96. The molecule has 0 amide bonds. The topological polar surface area (TPSA) is 87.5 Å². The van der Waals surface area contributed by atoms with E-state index in [4.69, 9.17) is 0 Å². The van der Waals surface area contributed by atoms with E-state index in [1.807, 2.05) is 6.92 Å². The highest BCUT2D eigenvalue weighted by molar-refractivity contribution is 7.88. The number of aryl methyl sites for hydroxylation is 1. The molecule has 0 bridgehead atoms. The van der Waals surface area contributed by atoms with Crippen LogP contribution in [0.4, 0.5) is 0 Å². The predicted octanol–water partition coefficient (Wildman–Crippen LogP) is 0.818. The first kappa shape index (κ1) is 14.3. The predicted molar refractivity (Wildman–Crippen MR) is 78.7 cm³/mol. The molecule has 2 aromatic heterocycles. The summed E-state index contributed by atoms with van der Waals surface area (Å²) in [4.78, 5) is 16.6. The van der Waals surface area contributed by atoms with Crippen molar-refractivity contribution in [3.05, 3.63) is 33.9 Å². The molecule has 0 radical (unpaired) electrons. The number of nitrogens with zero attached hydrogens (tertiary/aromatic N) is 3. The third-order valence-electron chi connectivity index (χ3n) is 3.82. The summed E-state index contributed by atoms with van der Waals surface area (Å²) in [7, 11) is -3.31. The summed E-state index contributed by atoms with van der Waals surface area (Å²) in [5.74, 6) is 0. The average molecular weight is 310 g/mol. The number of fused-ring (bicyclic) bond motifs is 1. The van der Waals surface area contributed by atoms with Crippen LogP contribution in [0.3, 0.4) is 0 Å². The average Bonchev–Trinajstić information content (AvgIpc) is 2.79. The van der Waals surface area contributed by atoms with Crippen molar-refractivity contribution in [2.75, 3.05) is 12.8 Å². The van der Waals surface area contributed by atoms with Crippen LogP contribution in [-0.4, -0.2) is 40.1 Å². The molecule has 0 saturated carbocycles. The third kappa shape index (κ3) is 2.60. The van der Waals surface area contributed by atoms with Crippen LogP contribution in [0.5, 0.6) is 0 Å². The van der Waals surface area contributed by atoms with Crippen LogP contribution >= 0.6 is 0 Å². The summed E-state index contributed by atoms with van der Waals surface area (Å²) < 4.78 is 26.7. The van der Waals surface area contributed by atoms with E-state index < -0.39 is 10.0 Å². The first-order valence-electron chi connectivity index (χ1n) is 6.92. The summed E-state index contributed by atoms with van der Waals surface area (Å²) >= 11 is 0. The zero-order valence-electron chi connectivity index (χ0n) is 12.0. The molecule has 1 atom stereocenters. The monoisotopic (exact) mass is 310 g/mol. The fourth-order valence-corrected chi connectivity index (χ4v) is 4.03. The van der Waals surface area contributed by atoms with E-state index in [0.717, 1.165) is 18.5 Å². The molecule has 0 spiro atoms. The molecule has 2 aromatic rings. The second-order valence-electron chi connectivity index (χ2n) is 5.54. The number of aromatic nitrogens is 3. The number of H-pyrrole nitrogens is 1. The van der Waals surface area contributed by atoms with E-state index in [0.29, 0.717) is 24.3 Å². The van der Waals surface area contributed by atoms with Crippen LogP contribution in [0.2, 0.25) is 0 Å². The van der Waals surface area contributed by atoms with Gasteiger partial charge in [0.15, 0.2) is 5.65 Å². The van der Waals surface area contributed by atoms with E-state index in [1.165, 1.54) is 21.1 Å². The van der Waals surface area contributed by atoms with Gasteiger partial charge in [-0.2, -0.15) is 4.31 Å². The van der Waals surface area contributed by atoms with Crippen LogP contribution in [0.1, 0.15) is 36.7 Å². The number of hydrogen-bond donors (Lipinski definition) is 1. The Balaban J connectivity index is 2.11. The van der Waals surface area contributed by atoms with Gasteiger partial charge in [0, 0.05) is 24.4 Å². The Morgan fingerprint density at radius 2 is 2.10 bits per heavy atom. The van der Waals surface area contributed by atoms with Crippen molar-refractivity contribution in [2.45, 2.75) is 32.2 Å². The number of piperidine rings is 1. The Labute approximate surface area is 122 Å². The smallest absolute Gasteiger partial charge is 0.272 e. The molecule has 7 nitrogen and oxygen atoms in total. The molecule has 1 aliphatic rings. The van der Waals surface area contributed by atoms with Crippen molar-refractivity contribution in [3.8, 4) is 0 Å². The maximum absolute atomic E-state index is 12.1. The molecule has 1 aliphatic heterocycles. The second-order valence-corrected chi connectivity index (χ2v) is 7.47. The van der Waals surface area contributed by atoms with Gasteiger partial charge in [-0.1, -0.05) is 6.42 Å². The summed E-state index contributed by atoms with van der Waals surface area (Å²) in [5.41, 5.74) is 1.67.